The van der Waals surface area contributed by atoms with Crippen molar-refractivity contribution in [3.63, 3.8) is 0 Å². The fourth-order valence-electron chi connectivity index (χ4n) is 2.45. The van der Waals surface area contributed by atoms with Crippen molar-refractivity contribution in [2.45, 2.75) is 32.4 Å². The van der Waals surface area contributed by atoms with Gasteiger partial charge in [0.15, 0.2) is 0 Å². The lowest BCUT2D eigenvalue weighted by Gasteiger charge is -2.23. The average molecular weight is 258 g/mol. The molecule has 3 heteroatoms. The molecule has 19 heavy (non-hydrogen) atoms. The summed E-state index contributed by atoms with van der Waals surface area (Å²) in [6.07, 6.45) is 0.952. The molecule has 0 heterocycles. The Morgan fingerprint density at radius 2 is 1.89 bits per heavy atom. The topological polar surface area (TPSA) is 47.3 Å². The molecule has 0 aliphatic rings. The van der Waals surface area contributed by atoms with Gasteiger partial charge in [0.05, 0.1) is 12.1 Å². The van der Waals surface area contributed by atoms with E-state index < -0.39 is 0 Å². The minimum absolute atomic E-state index is 0.0916. The van der Waals surface area contributed by atoms with Crippen molar-refractivity contribution >= 4 is 10.8 Å². The molecule has 0 saturated carbocycles. The Balaban J connectivity index is 2.24. The maximum Gasteiger partial charge on any atom is 0.0716 e. The fourth-order valence-corrected chi connectivity index (χ4v) is 2.45. The van der Waals surface area contributed by atoms with Crippen LogP contribution in [0.15, 0.2) is 42.5 Å². The highest BCUT2D eigenvalue weighted by molar-refractivity contribution is 5.85. The van der Waals surface area contributed by atoms with Gasteiger partial charge in [0.1, 0.15) is 0 Å². The molecule has 0 amide bonds. The molecule has 0 aliphatic heterocycles. The lowest BCUT2D eigenvalue weighted by molar-refractivity contribution is 0.0477. The number of rotatable bonds is 6. The summed E-state index contributed by atoms with van der Waals surface area (Å²) in [6.45, 7) is 4.76. The summed E-state index contributed by atoms with van der Waals surface area (Å²) in [5.41, 5.74) is 4.17. The van der Waals surface area contributed by atoms with Crippen LogP contribution in [0.1, 0.15) is 19.4 Å². The molecule has 0 radical (unpaired) electrons. The Labute approximate surface area is 114 Å². The molecule has 2 aromatic rings. The van der Waals surface area contributed by atoms with E-state index in [0.29, 0.717) is 6.61 Å². The summed E-state index contributed by atoms with van der Waals surface area (Å²) in [5, 5.41) is 2.55. The normalized spacial score (nSPS) is 14.5. The zero-order valence-electron chi connectivity index (χ0n) is 11.6. The molecule has 0 spiro atoms. The number of nitrogens with one attached hydrogen (secondary N) is 1. The number of benzene rings is 2. The van der Waals surface area contributed by atoms with E-state index in [1.807, 2.05) is 6.92 Å². The Bertz CT molecular complexity index is 522. The molecule has 2 aromatic carbocycles. The van der Waals surface area contributed by atoms with Crippen LogP contribution >= 0.6 is 0 Å². The van der Waals surface area contributed by atoms with Crippen molar-refractivity contribution in [3.8, 4) is 0 Å². The van der Waals surface area contributed by atoms with Crippen LogP contribution in [0, 0.1) is 0 Å². The van der Waals surface area contributed by atoms with E-state index in [0.717, 1.165) is 6.42 Å². The highest BCUT2D eigenvalue weighted by Crippen LogP contribution is 2.20. The quantitative estimate of drug-likeness (QED) is 0.618. The van der Waals surface area contributed by atoms with E-state index in [1.165, 1.54) is 16.3 Å². The summed E-state index contributed by atoms with van der Waals surface area (Å²) in [5.74, 6) is 5.67. The SMILES string of the molecule is CCOC(C)C(Cc1cccc2ccccc12)NN. The van der Waals surface area contributed by atoms with Gasteiger partial charge in [-0.2, -0.15) is 0 Å². The maximum absolute atomic E-state index is 5.67. The predicted molar refractivity (Wildman–Crippen MR) is 79.9 cm³/mol. The van der Waals surface area contributed by atoms with Gasteiger partial charge in [-0.25, -0.2) is 0 Å². The Morgan fingerprint density at radius 3 is 2.63 bits per heavy atom. The molecule has 0 bridgehead atoms. The Kier molecular flexibility index (Phi) is 4.91. The van der Waals surface area contributed by atoms with Gasteiger partial charge in [-0.05, 0) is 36.6 Å². The maximum atomic E-state index is 5.67. The molecule has 0 aliphatic carbocycles. The molecular weight excluding hydrogens is 236 g/mol. The van der Waals surface area contributed by atoms with Gasteiger partial charge in [0.25, 0.3) is 0 Å². The second-order valence-corrected chi connectivity index (χ2v) is 4.78. The lowest BCUT2D eigenvalue weighted by atomic mass is 9.97. The van der Waals surface area contributed by atoms with Crippen LogP contribution in [-0.2, 0) is 11.2 Å². The number of hydrogen-bond donors (Lipinski definition) is 2. The molecule has 2 atom stereocenters. The first kappa shape index (κ1) is 14.0. The average Bonchev–Trinajstić information content (AvgIpc) is 2.45. The molecule has 0 fully saturated rings. The molecule has 102 valence electrons. The van der Waals surface area contributed by atoms with Crippen molar-refractivity contribution in [2.24, 2.45) is 5.84 Å². The smallest absolute Gasteiger partial charge is 0.0716 e. The van der Waals surface area contributed by atoms with Gasteiger partial charge in [-0.15, -0.1) is 0 Å². The third-order valence-electron chi connectivity index (χ3n) is 3.53. The van der Waals surface area contributed by atoms with E-state index >= 15 is 0 Å². The monoisotopic (exact) mass is 258 g/mol. The number of hydrogen-bond acceptors (Lipinski definition) is 3. The Morgan fingerprint density at radius 1 is 1.16 bits per heavy atom. The van der Waals surface area contributed by atoms with Crippen LogP contribution in [0.25, 0.3) is 10.8 Å². The largest absolute Gasteiger partial charge is 0.377 e. The number of hydrazine groups is 1. The van der Waals surface area contributed by atoms with Gasteiger partial charge in [0.2, 0.25) is 0 Å². The first-order chi connectivity index (χ1) is 9.26. The summed E-state index contributed by atoms with van der Waals surface area (Å²) in [7, 11) is 0. The van der Waals surface area contributed by atoms with Gasteiger partial charge in [0, 0.05) is 6.61 Å². The summed E-state index contributed by atoms with van der Waals surface area (Å²) >= 11 is 0. The van der Waals surface area contributed by atoms with Crippen molar-refractivity contribution in [1.82, 2.24) is 5.43 Å². The number of nitrogens with two attached hydrogens (primary N) is 1. The van der Waals surface area contributed by atoms with Crippen molar-refractivity contribution < 1.29 is 4.74 Å². The van der Waals surface area contributed by atoms with Crippen LogP contribution in [0.2, 0.25) is 0 Å². The number of fused-ring (bicyclic) bond motifs is 1. The van der Waals surface area contributed by atoms with Crippen LogP contribution < -0.4 is 11.3 Å². The van der Waals surface area contributed by atoms with Crippen LogP contribution in [0.3, 0.4) is 0 Å². The van der Waals surface area contributed by atoms with Crippen molar-refractivity contribution in [2.75, 3.05) is 6.61 Å². The fraction of sp³-hybridized carbons (Fsp3) is 0.375. The standard InChI is InChI=1S/C16H22N2O/c1-3-19-12(2)16(18-17)11-14-9-6-8-13-7-4-5-10-15(13)14/h4-10,12,16,18H,3,11,17H2,1-2H3. The molecule has 3 N–H and O–H groups in total. The van der Waals surface area contributed by atoms with Gasteiger partial charge < -0.3 is 4.74 Å². The summed E-state index contributed by atoms with van der Waals surface area (Å²) < 4.78 is 5.64. The van der Waals surface area contributed by atoms with E-state index in [-0.39, 0.29) is 12.1 Å². The first-order valence-corrected chi connectivity index (χ1v) is 6.80. The van der Waals surface area contributed by atoms with Crippen molar-refractivity contribution in [1.29, 1.82) is 0 Å². The minimum Gasteiger partial charge on any atom is -0.377 e. The molecule has 2 unspecified atom stereocenters. The van der Waals surface area contributed by atoms with Gasteiger partial charge >= 0.3 is 0 Å². The van der Waals surface area contributed by atoms with E-state index in [2.05, 4.69) is 54.8 Å². The highest BCUT2D eigenvalue weighted by atomic mass is 16.5. The van der Waals surface area contributed by atoms with Crippen LogP contribution in [0.4, 0.5) is 0 Å². The van der Waals surface area contributed by atoms with E-state index in [1.54, 1.807) is 0 Å². The minimum atomic E-state index is 0.0916. The summed E-state index contributed by atoms with van der Waals surface area (Å²) in [6, 6.07) is 14.9. The zero-order valence-corrected chi connectivity index (χ0v) is 11.6. The number of ether oxygens (including phenoxy) is 1. The molecule has 0 saturated heterocycles. The third kappa shape index (κ3) is 3.32. The Hall–Kier alpha value is -1.42. The molecule has 3 nitrogen and oxygen atoms in total. The van der Waals surface area contributed by atoms with Crippen molar-refractivity contribution in [3.05, 3.63) is 48.0 Å². The van der Waals surface area contributed by atoms with Gasteiger partial charge in [-0.1, -0.05) is 42.5 Å². The highest BCUT2D eigenvalue weighted by Gasteiger charge is 2.17. The third-order valence-corrected chi connectivity index (χ3v) is 3.53. The summed E-state index contributed by atoms with van der Waals surface area (Å²) in [4.78, 5) is 0. The second kappa shape index (κ2) is 6.66. The molecule has 2 rings (SSSR count). The second-order valence-electron chi connectivity index (χ2n) is 4.78. The predicted octanol–water partition coefficient (Wildman–Crippen LogP) is 2.64. The van der Waals surface area contributed by atoms with Crippen LogP contribution in [-0.4, -0.2) is 18.8 Å². The van der Waals surface area contributed by atoms with E-state index in [4.69, 9.17) is 10.6 Å². The first-order valence-electron chi connectivity index (χ1n) is 6.80. The zero-order chi connectivity index (χ0) is 13.7. The van der Waals surface area contributed by atoms with Crippen LogP contribution in [0.5, 0.6) is 0 Å². The molecular formula is C16H22N2O. The molecule has 0 aromatic heterocycles. The lowest BCUT2D eigenvalue weighted by Crippen LogP contribution is -2.45. The van der Waals surface area contributed by atoms with Gasteiger partial charge in [-0.3, -0.25) is 11.3 Å². The van der Waals surface area contributed by atoms with E-state index in [9.17, 15) is 0 Å².